The van der Waals surface area contributed by atoms with Crippen LogP contribution in [0.3, 0.4) is 0 Å². The summed E-state index contributed by atoms with van der Waals surface area (Å²) >= 11 is 0. The maximum absolute atomic E-state index is 11.6. The number of carbonyl (C=O) groups excluding carboxylic acids is 2. The molecule has 0 aromatic carbocycles. The van der Waals surface area contributed by atoms with Crippen LogP contribution in [0.4, 0.5) is 0 Å². The van der Waals surface area contributed by atoms with Crippen LogP contribution in [0.1, 0.15) is 20.3 Å². The molecular formula is C10H21N3O2. The monoisotopic (exact) mass is 215 g/mol. The Labute approximate surface area is 91.0 Å². The molecule has 88 valence electrons. The zero-order chi connectivity index (χ0) is 12.0. The highest BCUT2D eigenvalue weighted by atomic mass is 16.2. The van der Waals surface area contributed by atoms with Crippen LogP contribution in [0.15, 0.2) is 0 Å². The molecule has 1 atom stereocenters. The van der Waals surface area contributed by atoms with E-state index in [0.29, 0.717) is 6.54 Å². The molecule has 0 heterocycles. The van der Waals surface area contributed by atoms with Gasteiger partial charge in [-0.05, 0) is 5.92 Å². The van der Waals surface area contributed by atoms with E-state index in [9.17, 15) is 9.59 Å². The normalized spacial score (nSPS) is 12.4. The topological polar surface area (TPSA) is 75.4 Å². The Balaban J connectivity index is 4.62. The second-order valence-corrected chi connectivity index (χ2v) is 3.85. The summed E-state index contributed by atoms with van der Waals surface area (Å²) in [5, 5.41) is 2.56. The fraction of sp³-hybridized carbons (Fsp3) is 0.800. The van der Waals surface area contributed by atoms with Gasteiger partial charge in [-0.1, -0.05) is 13.8 Å². The molecule has 0 unspecified atom stereocenters. The minimum Gasteiger partial charge on any atom is -0.357 e. The molecule has 0 radical (unpaired) electrons. The van der Waals surface area contributed by atoms with E-state index in [-0.39, 0.29) is 24.2 Å². The molecular weight excluding hydrogens is 194 g/mol. The molecule has 5 nitrogen and oxygen atoms in total. The first kappa shape index (κ1) is 13.9. The van der Waals surface area contributed by atoms with Crippen LogP contribution in [0, 0.1) is 5.92 Å². The number of likely N-dealkylation sites (N-methyl/N-ethyl adjacent to an activating group) is 2. The summed E-state index contributed by atoms with van der Waals surface area (Å²) in [6.45, 7) is 4.12. The third-order valence-electron chi connectivity index (χ3n) is 2.32. The van der Waals surface area contributed by atoms with Crippen LogP contribution in [-0.4, -0.2) is 43.4 Å². The van der Waals surface area contributed by atoms with Crippen LogP contribution in [0.5, 0.6) is 0 Å². The highest BCUT2D eigenvalue weighted by molar-refractivity contribution is 5.87. The van der Waals surface area contributed by atoms with Crippen LogP contribution in [-0.2, 0) is 9.59 Å². The molecule has 0 saturated heterocycles. The summed E-state index contributed by atoms with van der Waals surface area (Å²) in [6, 6.07) is -0.422. The summed E-state index contributed by atoms with van der Waals surface area (Å²) in [6.07, 6.45) is 0.275. The molecule has 5 heteroatoms. The largest absolute Gasteiger partial charge is 0.357 e. The van der Waals surface area contributed by atoms with E-state index in [1.54, 1.807) is 14.1 Å². The van der Waals surface area contributed by atoms with Gasteiger partial charge in [-0.3, -0.25) is 9.59 Å². The van der Waals surface area contributed by atoms with Gasteiger partial charge in [0.05, 0.1) is 0 Å². The van der Waals surface area contributed by atoms with Gasteiger partial charge in [0, 0.05) is 27.1 Å². The lowest BCUT2D eigenvalue weighted by Gasteiger charge is -2.29. The Morgan fingerprint density at radius 3 is 2.27 bits per heavy atom. The van der Waals surface area contributed by atoms with Gasteiger partial charge in [0.25, 0.3) is 0 Å². The summed E-state index contributed by atoms with van der Waals surface area (Å²) in [7, 11) is 3.21. The SMILES string of the molecule is CNC(=O)[C@H](C(C)C)N(C)C(=O)CCN. The van der Waals surface area contributed by atoms with Gasteiger partial charge in [0.15, 0.2) is 0 Å². The standard InChI is InChI=1S/C10H21N3O2/c1-7(2)9(10(15)12-3)13(4)8(14)5-6-11/h7,9H,5-6,11H2,1-4H3,(H,12,15)/t9-/m0/s1. The van der Waals surface area contributed by atoms with Crippen LogP contribution in [0.25, 0.3) is 0 Å². The summed E-state index contributed by atoms with van der Waals surface area (Å²) in [5.74, 6) is -0.158. The third kappa shape index (κ3) is 3.87. The van der Waals surface area contributed by atoms with Crippen molar-refractivity contribution in [2.24, 2.45) is 11.7 Å². The van der Waals surface area contributed by atoms with Crippen molar-refractivity contribution in [3.8, 4) is 0 Å². The number of hydrogen-bond donors (Lipinski definition) is 2. The van der Waals surface area contributed by atoms with Crippen LogP contribution >= 0.6 is 0 Å². The quantitative estimate of drug-likeness (QED) is 0.653. The second-order valence-electron chi connectivity index (χ2n) is 3.85. The summed E-state index contributed by atoms with van der Waals surface area (Å²) in [5.41, 5.74) is 5.30. The first-order valence-corrected chi connectivity index (χ1v) is 5.13. The molecule has 0 saturated carbocycles. The lowest BCUT2D eigenvalue weighted by Crippen LogP contribution is -2.50. The van der Waals surface area contributed by atoms with Gasteiger partial charge in [0.1, 0.15) is 6.04 Å². The highest BCUT2D eigenvalue weighted by Gasteiger charge is 2.28. The van der Waals surface area contributed by atoms with E-state index in [1.165, 1.54) is 4.90 Å². The predicted octanol–water partition coefficient (Wildman–Crippen LogP) is -0.436. The average Bonchev–Trinajstić information content (AvgIpc) is 2.17. The lowest BCUT2D eigenvalue weighted by atomic mass is 10.0. The fourth-order valence-electron chi connectivity index (χ4n) is 1.53. The number of hydrogen-bond acceptors (Lipinski definition) is 3. The van der Waals surface area contributed by atoms with Gasteiger partial charge >= 0.3 is 0 Å². The first-order valence-electron chi connectivity index (χ1n) is 5.13. The minimum absolute atomic E-state index is 0.0803. The zero-order valence-electron chi connectivity index (χ0n) is 9.91. The predicted molar refractivity (Wildman–Crippen MR) is 59.1 cm³/mol. The second kappa shape index (κ2) is 6.40. The first-order chi connectivity index (χ1) is 6.95. The van der Waals surface area contributed by atoms with Crippen molar-refractivity contribution in [3.63, 3.8) is 0 Å². The van der Waals surface area contributed by atoms with Crippen molar-refractivity contribution in [2.45, 2.75) is 26.3 Å². The Kier molecular flexibility index (Phi) is 5.93. The minimum atomic E-state index is -0.422. The average molecular weight is 215 g/mol. The van der Waals surface area contributed by atoms with Gasteiger partial charge in [-0.25, -0.2) is 0 Å². The maximum atomic E-state index is 11.6. The molecule has 0 aliphatic rings. The van der Waals surface area contributed by atoms with Crippen molar-refractivity contribution in [1.82, 2.24) is 10.2 Å². The Hall–Kier alpha value is -1.10. The van der Waals surface area contributed by atoms with Gasteiger partial charge in [0.2, 0.25) is 11.8 Å². The molecule has 0 bridgehead atoms. The van der Waals surface area contributed by atoms with E-state index in [1.807, 2.05) is 13.8 Å². The Morgan fingerprint density at radius 2 is 1.93 bits per heavy atom. The van der Waals surface area contributed by atoms with Gasteiger partial charge in [-0.2, -0.15) is 0 Å². The number of amides is 2. The molecule has 0 aliphatic heterocycles. The number of nitrogens with two attached hydrogens (primary N) is 1. The smallest absolute Gasteiger partial charge is 0.242 e. The fourth-order valence-corrected chi connectivity index (χ4v) is 1.53. The summed E-state index contributed by atoms with van der Waals surface area (Å²) in [4.78, 5) is 24.6. The molecule has 0 aliphatic carbocycles. The zero-order valence-corrected chi connectivity index (χ0v) is 9.91. The van der Waals surface area contributed by atoms with Crippen molar-refractivity contribution < 1.29 is 9.59 Å². The molecule has 2 amide bonds. The number of nitrogens with zero attached hydrogens (tertiary/aromatic N) is 1. The summed E-state index contributed by atoms with van der Waals surface area (Å²) < 4.78 is 0. The molecule has 0 rings (SSSR count). The molecule has 3 N–H and O–H groups in total. The Morgan fingerprint density at radius 1 is 1.40 bits per heavy atom. The van der Waals surface area contributed by atoms with E-state index >= 15 is 0 Å². The van der Waals surface area contributed by atoms with Crippen LogP contribution in [0.2, 0.25) is 0 Å². The van der Waals surface area contributed by atoms with E-state index in [4.69, 9.17) is 5.73 Å². The van der Waals surface area contributed by atoms with E-state index in [0.717, 1.165) is 0 Å². The highest BCUT2D eigenvalue weighted by Crippen LogP contribution is 2.10. The van der Waals surface area contributed by atoms with Crippen molar-refractivity contribution >= 4 is 11.8 Å². The third-order valence-corrected chi connectivity index (χ3v) is 2.32. The Bertz CT molecular complexity index is 229. The van der Waals surface area contributed by atoms with Crippen molar-refractivity contribution in [1.29, 1.82) is 0 Å². The number of rotatable bonds is 5. The van der Waals surface area contributed by atoms with E-state index < -0.39 is 6.04 Å². The number of carbonyl (C=O) groups is 2. The van der Waals surface area contributed by atoms with E-state index in [2.05, 4.69) is 5.32 Å². The van der Waals surface area contributed by atoms with Crippen molar-refractivity contribution in [3.05, 3.63) is 0 Å². The molecule has 0 aromatic heterocycles. The molecule has 0 aromatic rings. The van der Waals surface area contributed by atoms with Crippen molar-refractivity contribution in [2.75, 3.05) is 20.6 Å². The molecule has 15 heavy (non-hydrogen) atoms. The van der Waals surface area contributed by atoms with Gasteiger partial charge < -0.3 is 16.0 Å². The molecule has 0 fully saturated rings. The lowest BCUT2D eigenvalue weighted by molar-refractivity contribution is -0.140. The maximum Gasteiger partial charge on any atom is 0.242 e. The number of nitrogens with one attached hydrogen (secondary N) is 1. The van der Waals surface area contributed by atoms with Crippen LogP contribution < -0.4 is 11.1 Å². The van der Waals surface area contributed by atoms with Gasteiger partial charge in [-0.15, -0.1) is 0 Å². The molecule has 0 spiro atoms.